The zero-order chi connectivity index (χ0) is 14.5. The number of carboxylic acid groups (broad SMARTS) is 1. The van der Waals surface area contributed by atoms with Crippen molar-refractivity contribution in [1.29, 1.82) is 0 Å². The number of aliphatic carboxylic acids is 1. The largest absolute Gasteiger partial charge is 0.478 e. The van der Waals surface area contributed by atoms with E-state index in [1.807, 2.05) is 0 Å². The van der Waals surface area contributed by atoms with Gasteiger partial charge in [-0.05, 0) is 50.0 Å². The van der Waals surface area contributed by atoms with Crippen molar-refractivity contribution in [2.75, 3.05) is 11.4 Å². The Bertz CT molecular complexity index is 513. The lowest BCUT2D eigenvalue weighted by atomic mass is 9.98. The number of carbonyl (C=O) groups is 1. The van der Waals surface area contributed by atoms with Gasteiger partial charge in [0.2, 0.25) is 0 Å². The lowest BCUT2D eigenvalue weighted by Crippen LogP contribution is -2.39. The number of anilines is 1. The average molecular weight is 277 g/mol. The van der Waals surface area contributed by atoms with Gasteiger partial charge in [-0.1, -0.05) is 6.92 Å². The van der Waals surface area contributed by atoms with Crippen LogP contribution in [0.2, 0.25) is 0 Å². The van der Waals surface area contributed by atoms with Gasteiger partial charge in [0.15, 0.2) is 0 Å². The standard InChI is InChI=1S/C16H20FNO2/c1-2-14-5-3-4-10-18(14)15-8-7-13(17)11-12(15)6-9-16(19)20/h6-9,11,14H,2-5,10H2,1H3,(H,19,20)/b9-6+. The summed E-state index contributed by atoms with van der Waals surface area (Å²) < 4.78 is 13.4. The van der Waals surface area contributed by atoms with Crippen LogP contribution in [0.15, 0.2) is 24.3 Å². The molecule has 4 heteroatoms. The quantitative estimate of drug-likeness (QED) is 0.853. The average Bonchev–Trinajstić information content (AvgIpc) is 2.45. The summed E-state index contributed by atoms with van der Waals surface area (Å²) in [7, 11) is 0. The number of piperidine rings is 1. The third kappa shape index (κ3) is 3.38. The maximum absolute atomic E-state index is 13.4. The van der Waals surface area contributed by atoms with Gasteiger partial charge in [-0.15, -0.1) is 0 Å². The zero-order valence-electron chi connectivity index (χ0n) is 11.7. The fraction of sp³-hybridized carbons (Fsp3) is 0.438. The molecule has 1 heterocycles. The number of halogens is 1. The maximum Gasteiger partial charge on any atom is 0.328 e. The summed E-state index contributed by atoms with van der Waals surface area (Å²) in [5, 5.41) is 8.75. The number of hydrogen-bond acceptors (Lipinski definition) is 2. The van der Waals surface area contributed by atoms with Gasteiger partial charge in [-0.3, -0.25) is 0 Å². The first-order valence-electron chi connectivity index (χ1n) is 7.09. The highest BCUT2D eigenvalue weighted by atomic mass is 19.1. The van der Waals surface area contributed by atoms with Crippen molar-refractivity contribution in [1.82, 2.24) is 0 Å². The molecule has 1 saturated heterocycles. The lowest BCUT2D eigenvalue weighted by Gasteiger charge is -2.38. The van der Waals surface area contributed by atoms with Crippen molar-refractivity contribution in [2.24, 2.45) is 0 Å². The number of benzene rings is 1. The highest BCUT2D eigenvalue weighted by molar-refractivity contribution is 5.87. The summed E-state index contributed by atoms with van der Waals surface area (Å²) in [4.78, 5) is 13.0. The smallest absolute Gasteiger partial charge is 0.328 e. The molecule has 1 N–H and O–H groups in total. The maximum atomic E-state index is 13.4. The second-order valence-corrected chi connectivity index (χ2v) is 5.13. The molecule has 3 nitrogen and oxygen atoms in total. The predicted molar refractivity (Wildman–Crippen MR) is 78.3 cm³/mol. The van der Waals surface area contributed by atoms with E-state index in [1.165, 1.54) is 24.6 Å². The monoisotopic (exact) mass is 277 g/mol. The fourth-order valence-corrected chi connectivity index (χ4v) is 2.82. The summed E-state index contributed by atoms with van der Waals surface area (Å²) in [6.45, 7) is 3.09. The molecule has 1 fully saturated rings. The predicted octanol–water partition coefficient (Wildman–Crippen LogP) is 3.69. The van der Waals surface area contributed by atoms with Gasteiger partial charge < -0.3 is 10.0 Å². The normalized spacial score (nSPS) is 19.5. The van der Waals surface area contributed by atoms with Crippen LogP contribution in [-0.2, 0) is 4.79 Å². The van der Waals surface area contributed by atoms with Gasteiger partial charge in [0, 0.05) is 29.9 Å². The molecule has 0 aliphatic carbocycles. The molecule has 1 aromatic carbocycles. The van der Waals surface area contributed by atoms with E-state index < -0.39 is 5.97 Å². The van der Waals surface area contributed by atoms with Gasteiger partial charge in [0.05, 0.1) is 0 Å². The Hall–Kier alpha value is -1.84. The molecule has 0 bridgehead atoms. The second-order valence-electron chi connectivity index (χ2n) is 5.13. The Balaban J connectivity index is 2.36. The van der Waals surface area contributed by atoms with Crippen molar-refractivity contribution < 1.29 is 14.3 Å². The van der Waals surface area contributed by atoms with Crippen LogP contribution in [0, 0.1) is 5.82 Å². The summed E-state index contributed by atoms with van der Waals surface area (Å²) in [5.74, 6) is -1.37. The first-order valence-corrected chi connectivity index (χ1v) is 7.09. The van der Waals surface area contributed by atoms with Gasteiger partial charge in [0.25, 0.3) is 0 Å². The molecular weight excluding hydrogens is 257 g/mol. The van der Waals surface area contributed by atoms with Crippen molar-refractivity contribution in [3.63, 3.8) is 0 Å². The molecule has 1 aliphatic rings. The van der Waals surface area contributed by atoms with E-state index in [9.17, 15) is 9.18 Å². The number of rotatable bonds is 4. The van der Waals surface area contributed by atoms with E-state index in [4.69, 9.17) is 5.11 Å². The molecule has 0 aromatic heterocycles. The summed E-state index contributed by atoms with van der Waals surface area (Å²) in [5.41, 5.74) is 1.56. The molecule has 0 spiro atoms. The summed E-state index contributed by atoms with van der Waals surface area (Å²) >= 11 is 0. The van der Waals surface area contributed by atoms with Crippen LogP contribution in [0.1, 0.15) is 38.2 Å². The molecule has 0 saturated carbocycles. The third-order valence-corrected chi connectivity index (χ3v) is 3.80. The Morgan fingerprint density at radius 3 is 3.00 bits per heavy atom. The van der Waals surface area contributed by atoms with E-state index in [1.54, 1.807) is 6.07 Å². The minimum Gasteiger partial charge on any atom is -0.478 e. The molecular formula is C16H20FNO2. The Morgan fingerprint density at radius 1 is 1.50 bits per heavy atom. The molecule has 1 aromatic rings. The highest BCUT2D eigenvalue weighted by Crippen LogP contribution is 2.30. The van der Waals surface area contributed by atoms with Crippen molar-refractivity contribution >= 4 is 17.7 Å². The van der Waals surface area contributed by atoms with E-state index in [-0.39, 0.29) is 5.82 Å². The minimum atomic E-state index is -1.02. The third-order valence-electron chi connectivity index (χ3n) is 3.80. The number of hydrogen-bond donors (Lipinski definition) is 1. The van der Waals surface area contributed by atoms with E-state index in [0.717, 1.165) is 37.6 Å². The van der Waals surface area contributed by atoms with Crippen LogP contribution in [0.25, 0.3) is 6.08 Å². The van der Waals surface area contributed by atoms with Crippen molar-refractivity contribution in [3.05, 3.63) is 35.7 Å². The molecule has 1 aliphatic heterocycles. The van der Waals surface area contributed by atoms with Gasteiger partial charge >= 0.3 is 5.97 Å². The Morgan fingerprint density at radius 2 is 2.30 bits per heavy atom. The van der Waals surface area contributed by atoms with E-state index in [2.05, 4.69) is 11.8 Å². The van der Waals surface area contributed by atoms with Crippen LogP contribution in [0.4, 0.5) is 10.1 Å². The lowest BCUT2D eigenvalue weighted by molar-refractivity contribution is -0.131. The van der Waals surface area contributed by atoms with Gasteiger partial charge in [0.1, 0.15) is 5.82 Å². The molecule has 1 atom stereocenters. The molecule has 2 rings (SSSR count). The zero-order valence-corrected chi connectivity index (χ0v) is 11.7. The molecule has 0 radical (unpaired) electrons. The van der Waals surface area contributed by atoms with Gasteiger partial charge in [-0.25, -0.2) is 9.18 Å². The first-order chi connectivity index (χ1) is 9.61. The topological polar surface area (TPSA) is 40.5 Å². The molecule has 108 valence electrons. The SMILES string of the molecule is CCC1CCCCN1c1ccc(F)cc1/C=C/C(=O)O. The van der Waals surface area contributed by atoms with E-state index in [0.29, 0.717) is 11.6 Å². The Kier molecular flexibility index (Phi) is 4.77. The van der Waals surface area contributed by atoms with E-state index >= 15 is 0 Å². The summed E-state index contributed by atoms with van der Waals surface area (Å²) in [6.07, 6.45) is 7.05. The highest BCUT2D eigenvalue weighted by Gasteiger charge is 2.22. The van der Waals surface area contributed by atoms with Crippen LogP contribution < -0.4 is 4.90 Å². The molecule has 1 unspecified atom stereocenters. The summed E-state index contributed by atoms with van der Waals surface area (Å²) in [6, 6.07) is 5.04. The molecule has 0 amide bonds. The van der Waals surface area contributed by atoms with Crippen LogP contribution >= 0.6 is 0 Å². The van der Waals surface area contributed by atoms with Crippen molar-refractivity contribution in [3.8, 4) is 0 Å². The fourth-order valence-electron chi connectivity index (χ4n) is 2.82. The Labute approximate surface area is 118 Å². The number of nitrogens with zero attached hydrogens (tertiary/aromatic N) is 1. The van der Waals surface area contributed by atoms with Crippen LogP contribution in [-0.4, -0.2) is 23.7 Å². The van der Waals surface area contributed by atoms with Crippen molar-refractivity contribution in [2.45, 2.75) is 38.6 Å². The number of carboxylic acids is 1. The minimum absolute atomic E-state index is 0.344. The molecule has 20 heavy (non-hydrogen) atoms. The van der Waals surface area contributed by atoms with Crippen LogP contribution in [0.3, 0.4) is 0 Å². The first kappa shape index (κ1) is 14.6. The van der Waals surface area contributed by atoms with Crippen LogP contribution in [0.5, 0.6) is 0 Å². The van der Waals surface area contributed by atoms with Gasteiger partial charge in [-0.2, -0.15) is 0 Å². The second kappa shape index (κ2) is 6.55.